The number of carboxylic acids is 1. The summed E-state index contributed by atoms with van der Waals surface area (Å²) in [4.78, 5) is 15.0. The second-order valence-electron chi connectivity index (χ2n) is 5.66. The van der Waals surface area contributed by atoms with Crippen LogP contribution in [-0.2, 0) is 6.42 Å². The van der Waals surface area contributed by atoms with Crippen LogP contribution in [0.3, 0.4) is 0 Å². The van der Waals surface area contributed by atoms with Gasteiger partial charge in [0.15, 0.2) is 5.69 Å². The van der Waals surface area contributed by atoms with E-state index in [1.165, 1.54) is 16.7 Å². The maximum absolute atomic E-state index is 10.9. The summed E-state index contributed by atoms with van der Waals surface area (Å²) in [7, 11) is 0. The van der Waals surface area contributed by atoms with Crippen LogP contribution in [0.4, 0.5) is 0 Å². The van der Waals surface area contributed by atoms with E-state index >= 15 is 0 Å². The van der Waals surface area contributed by atoms with Crippen LogP contribution in [0, 0.1) is 0 Å². The zero-order chi connectivity index (χ0) is 19.1. The second kappa shape index (κ2) is 9.00. The number of benzene rings is 2. The molecule has 0 aliphatic heterocycles. The first-order chi connectivity index (χ1) is 13.2. The van der Waals surface area contributed by atoms with E-state index in [1.54, 1.807) is 0 Å². The highest BCUT2D eigenvalue weighted by Crippen LogP contribution is 2.26. The molecule has 0 aliphatic rings. The fourth-order valence-electron chi connectivity index (χ4n) is 2.48. The van der Waals surface area contributed by atoms with Crippen molar-refractivity contribution in [3.8, 4) is 22.1 Å². The molecule has 0 bridgehead atoms. The average molecular weight is 381 g/mol. The van der Waals surface area contributed by atoms with Crippen LogP contribution in [0.5, 0.6) is 11.5 Å². The Morgan fingerprint density at radius 1 is 1.11 bits per heavy atom. The molecule has 5 nitrogen and oxygen atoms in total. The van der Waals surface area contributed by atoms with Gasteiger partial charge in [-0.05, 0) is 42.3 Å². The Morgan fingerprint density at radius 3 is 2.56 bits per heavy atom. The monoisotopic (exact) mass is 381 g/mol. The molecule has 138 valence electrons. The minimum atomic E-state index is -1.02. The molecule has 6 heteroatoms. The maximum atomic E-state index is 10.9. The van der Waals surface area contributed by atoms with Crippen LogP contribution in [0.25, 0.3) is 10.6 Å². The maximum Gasteiger partial charge on any atom is 0.355 e. The van der Waals surface area contributed by atoms with Gasteiger partial charge in [-0.2, -0.15) is 0 Å². The van der Waals surface area contributed by atoms with Gasteiger partial charge in [0.05, 0.1) is 0 Å². The number of allylic oxidation sites excluding steroid dienone is 1. The second-order valence-corrected chi connectivity index (χ2v) is 6.52. The number of hydrogen-bond donors (Lipinski definition) is 1. The van der Waals surface area contributed by atoms with Crippen molar-refractivity contribution in [1.82, 2.24) is 4.98 Å². The SMILES string of the molecule is C=CCc1ccccc1OCCOc1ccc(-c2nc(C(=O)O)cs2)cc1. The first-order valence-corrected chi connectivity index (χ1v) is 9.29. The molecule has 0 saturated carbocycles. The van der Waals surface area contributed by atoms with Crippen molar-refractivity contribution >= 4 is 17.3 Å². The Balaban J connectivity index is 1.52. The van der Waals surface area contributed by atoms with E-state index in [0.29, 0.717) is 18.2 Å². The van der Waals surface area contributed by atoms with Gasteiger partial charge in [0.25, 0.3) is 0 Å². The van der Waals surface area contributed by atoms with Crippen LogP contribution >= 0.6 is 11.3 Å². The number of nitrogens with zero attached hydrogens (tertiary/aromatic N) is 1. The lowest BCUT2D eigenvalue weighted by molar-refractivity contribution is 0.0691. The van der Waals surface area contributed by atoms with Gasteiger partial charge in [-0.15, -0.1) is 17.9 Å². The number of carbonyl (C=O) groups is 1. The quantitative estimate of drug-likeness (QED) is 0.430. The average Bonchev–Trinajstić information content (AvgIpc) is 3.18. The smallest absolute Gasteiger partial charge is 0.355 e. The molecule has 3 aromatic rings. The normalized spacial score (nSPS) is 10.4. The summed E-state index contributed by atoms with van der Waals surface area (Å²) in [6, 6.07) is 15.3. The molecule has 1 aromatic heterocycles. The highest BCUT2D eigenvalue weighted by atomic mass is 32.1. The molecule has 0 radical (unpaired) electrons. The number of aromatic nitrogens is 1. The number of thiazole rings is 1. The van der Waals surface area contributed by atoms with E-state index < -0.39 is 5.97 Å². The Hall–Kier alpha value is -3.12. The molecular weight excluding hydrogens is 362 g/mol. The topological polar surface area (TPSA) is 68.7 Å². The van der Waals surface area contributed by atoms with E-state index in [1.807, 2.05) is 54.6 Å². The Kier molecular flexibility index (Phi) is 6.22. The van der Waals surface area contributed by atoms with Crippen LogP contribution < -0.4 is 9.47 Å². The predicted molar refractivity (Wildman–Crippen MR) is 106 cm³/mol. The largest absolute Gasteiger partial charge is 0.490 e. The molecule has 0 saturated heterocycles. The molecule has 0 fully saturated rings. The number of aromatic carboxylic acids is 1. The van der Waals surface area contributed by atoms with Gasteiger partial charge in [0, 0.05) is 10.9 Å². The van der Waals surface area contributed by atoms with Gasteiger partial charge in [0.1, 0.15) is 29.7 Å². The Morgan fingerprint density at radius 2 is 1.85 bits per heavy atom. The first kappa shape index (κ1) is 18.7. The molecule has 0 amide bonds. The van der Waals surface area contributed by atoms with E-state index in [9.17, 15) is 4.79 Å². The van der Waals surface area contributed by atoms with Gasteiger partial charge in [-0.25, -0.2) is 9.78 Å². The van der Waals surface area contributed by atoms with Gasteiger partial charge in [-0.1, -0.05) is 24.3 Å². The third kappa shape index (κ3) is 4.95. The first-order valence-electron chi connectivity index (χ1n) is 8.41. The number of carboxylic acid groups (broad SMARTS) is 1. The minimum Gasteiger partial charge on any atom is -0.490 e. The van der Waals surface area contributed by atoms with Crippen LogP contribution in [0.15, 0.2) is 66.6 Å². The minimum absolute atomic E-state index is 0.0595. The molecule has 0 atom stereocenters. The molecule has 3 rings (SSSR count). The summed E-state index contributed by atoms with van der Waals surface area (Å²) in [6.07, 6.45) is 2.61. The molecule has 27 heavy (non-hydrogen) atoms. The van der Waals surface area contributed by atoms with Crippen molar-refractivity contribution in [1.29, 1.82) is 0 Å². The lowest BCUT2D eigenvalue weighted by Gasteiger charge is -2.11. The van der Waals surface area contributed by atoms with Gasteiger partial charge in [0.2, 0.25) is 0 Å². The third-order valence-electron chi connectivity index (χ3n) is 3.77. The summed E-state index contributed by atoms with van der Waals surface area (Å²) in [5.74, 6) is 0.540. The Labute approximate surface area is 161 Å². The highest BCUT2D eigenvalue weighted by Gasteiger charge is 2.10. The van der Waals surface area contributed by atoms with E-state index in [-0.39, 0.29) is 5.69 Å². The molecular formula is C21H19NO4S. The molecule has 0 spiro atoms. The van der Waals surface area contributed by atoms with Crippen molar-refractivity contribution in [2.24, 2.45) is 0 Å². The summed E-state index contributed by atoms with van der Waals surface area (Å²) in [5.41, 5.74) is 2.01. The van der Waals surface area contributed by atoms with E-state index in [0.717, 1.165) is 29.0 Å². The lowest BCUT2D eigenvalue weighted by atomic mass is 10.1. The Bertz CT molecular complexity index is 918. The zero-order valence-corrected chi connectivity index (χ0v) is 15.4. The number of ether oxygens (including phenoxy) is 2. The van der Waals surface area contributed by atoms with Crippen molar-refractivity contribution in [3.63, 3.8) is 0 Å². The fourth-order valence-corrected chi connectivity index (χ4v) is 3.28. The van der Waals surface area contributed by atoms with Crippen molar-refractivity contribution < 1.29 is 19.4 Å². The number of hydrogen-bond acceptors (Lipinski definition) is 5. The summed E-state index contributed by atoms with van der Waals surface area (Å²) >= 11 is 1.30. The van der Waals surface area contributed by atoms with Crippen LogP contribution in [0.1, 0.15) is 16.1 Å². The summed E-state index contributed by atoms with van der Waals surface area (Å²) in [5, 5.41) is 11.1. The molecule has 1 heterocycles. The molecule has 0 aliphatic carbocycles. The molecule has 0 unspecified atom stereocenters. The third-order valence-corrected chi connectivity index (χ3v) is 4.66. The highest BCUT2D eigenvalue weighted by molar-refractivity contribution is 7.13. The number of para-hydroxylation sites is 1. The van der Waals surface area contributed by atoms with Crippen LogP contribution in [0.2, 0.25) is 0 Å². The van der Waals surface area contributed by atoms with Gasteiger partial charge >= 0.3 is 5.97 Å². The summed E-state index contributed by atoms with van der Waals surface area (Å²) in [6.45, 7) is 4.61. The van der Waals surface area contributed by atoms with Crippen molar-refractivity contribution in [3.05, 3.63) is 77.8 Å². The van der Waals surface area contributed by atoms with E-state index in [2.05, 4.69) is 11.6 Å². The van der Waals surface area contributed by atoms with Gasteiger partial charge in [-0.3, -0.25) is 0 Å². The van der Waals surface area contributed by atoms with Crippen molar-refractivity contribution in [2.45, 2.75) is 6.42 Å². The van der Waals surface area contributed by atoms with Crippen molar-refractivity contribution in [2.75, 3.05) is 13.2 Å². The molecule has 2 aromatic carbocycles. The fraction of sp³-hybridized carbons (Fsp3) is 0.143. The number of rotatable bonds is 9. The molecule has 1 N–H and O–H groups in total. The van der Waals surface area contributed by atoms with E-state index in [4.69, 9.17) is 14.6 Å². The van der Waals surface area contributed by atoms with Crippen LogP contribution in [-0.4, -0.2) is 29.3 Å². The predicted octanol–water partition coefficient (Wildman–Crippen LogP) is 4.69. The lowest BCUT2D eigenvalue weighted by Crippen LogP contribution is -2.09. The van der Waals surface area contributed by atoms with Gasteiger partial charge < -0.3 is 14.6 Å². The zero-order valence-electron chi connectivity index (χ0n) is 14.6. The summed E-state index contributed by atoms with van der Waals surface area (Å²) < 4.78 is 11.5. The standard InChI is InChI=1S/C21H19NO4S/c1-2-5-15-6-3-4-7-19(15)26-13-12-25-17-10-8-16(9-11-17)20-22-18(14-27-20)21(23)24/h2-4,6-11,14H,1,5,12-13H2,(H,23,24).